The molecular weight excluding hydrogens is 254 g/mol. The monoisotopic (exact) mass is 275 g/mol. The topological polar surface area (TPSA) is 75.4 Å². The highest BCUT2D eigenvalue weighted by atomic mass is 16.2. The van der Waals surface area contributed by atoms with Crippen LogP contribution in [-0.4, -0.2) is 29.8 Å². The molecular formula is C15H21N3O2. The van der Waals surface area contributed by atoms with Gasteiger partial charge in [0.05, 0.1) is 6.54 Å². The number of hydrogen-bond acceptors (Lipinski definition) is 3. The minimum atomic E-state index is -0.166. The number of nitrogens with two attached hydrogens (primary N) is 1. The van der Waals surface area contributed by atoms with Crippen molar-refractivity contribution in [2.75, 3.05) is 24.1 Å². The fourth-order valence-corrected chi connectivity index (χ4v) is 2.55. The molecule has 0 saturated carbocycles. The molecule has 1 saturated heterocycles. The van der Waals surface area contributed by atoms with E-state index in [2.05, 4.69) is 12.2 Å². The van der Waals surface area contributed by atoms with Gasteiger partial charge in [-0.05, 0) is 36.6 Å². The van der Waals surface area contributed by atoms with Crippen LogP contribution in [0.15, 0.2) is 24.3 Å². The molecule has 1 atom stereocenters. The Labute approximate surface area is 119 Å². The maximum Gasteiger partial charge on any atom is 0.243 e. The second-order valence-electron chi connectivity index (χ2n) is 5.30. The van der Waals surface area contributed by atoms with E-state index in [4.69, 9.17) is 5.73 Å². The van der Waals surface area contributed by atoms with E-state index in [0.717, 1.165) is 12.8 Å². The molecule has 0 aliphatic carbocycles. The molecule has 1 aromatic rings. The largest absolute Gasteiger partial charge is 0.399 e. The molecule has 1 heterocycles. The zero-order chi connectivity index (χ0) is 14.5. The first-order valence-electron chi connectivity index (χ1n) is 7.01. The van der Waals surface area contributed by atoms with Crippen molar-refractivity contribution < 1.29 is 9.59 Å². The van der Waals surface area contributed by atoms with Gasteiger partial charge in [-0.1, -0.05) is 13.3 Å². The van der Waals surface area contributed by atoms with Crippen molar-refractivity contribution in [3.8, 4) is 0 Å². The molecule has 2 amide bonds. The molecule has 0 bridgehead atoms. The molecule has 0 aromatic heterocycles. The lowest BCUT2D eigenvalue weighted by molar-refractivity contribution is -0.131. The van der Waals surface area contributed by atoms with Crippen LogP contribution in [0.25, 0.3) is 0 Å². The average molecular weight is 275 g/mol. The summed E-state index contributed by atoms with van der Waals surface area (Å²) in [5.41, 5.74) is 6.93. The fraction of sp³-hybridized carbons (Fsp3) is 0.467. The maximum absolute atomic E-state index is 11.9. The zero-order valence-electron chi connectivity index (χ0n) is 11.8. The summed E-state index contributed by atoms with van der Waals surface area (Å²) in [6.07, 6.45) is 2.69. The third-order valence-electron chi connectivity index (χ3n) is 3.52. The third-order valence-corrected chi connectivity index (χ3v) is 3.52. The number of likely N-dealkylation sites (tertiary alicyclic amines) is 1. The number of benzene rings is 1. The SMILES string of the molecule is CCCC1CC(=O)N(CC(=O)Nc2ccc(N)cc2)C1. The maximum atomic E-state index is 11.9. The number of hydrogen-bond donors (Lipinski definition) is 2. The highest BCUT2D eigenvalue weighted by molar-refractivity contribution is 5.95. The van der Waals surface area contributed by atoms with Crippen molar-refractivity contribution in [2.24, 2.45) is 5.92 Å². The smallest absolute Gasteiger partial charge is 0.243 e. The minimum absolute atomic E-state index is 0.0795. The van der Waals surface area contributed by atoms with Crippen LogP contribution in [0.1, 0.15) is 26.2 Å². The van der Waals surface area contributed by atoms with Gasteiger partial charge < -0.3 is 16.0 Å². The standard InChI is InChI=1S/C15H21N3O2/c1-2-3-11-8-15(20)18(9-11)10-14(19)17-13-6-4-12(16)5-7-13/h4-7,11H,2-3,8-10,16H2,1H3,(H,17,19). The fourth-order valence-electron chi connectivity index (χ4n) is 2.55. The molecule has 1 aromatic carbocycles. The van der Waals surface area contributed by atoms with Crippen LogP contribution in [0.2, 0.25) is 0 Å². The normalized spacial score (nSPS) is 18.4. The van der Waals surface area contributed by atoms with Gasteiger partial charge >= 0.3 is 0 Å². The molecule has 20 heavy (non-hydrogen) atoms. The van der Waals surface area contributed by atoms with Crippen LogP contribution >= 0.6 is 0 Å². The van der Waals surface area contributed by atoms with Gasteiger partial charge in [0.25, 0.3) is 0 Å². The third kappa shape index (κ3) is 3.73. The summed E-state index contributed by atoms with van der Waals surface area (Å²) in [4.78, 5) is 25.4. The highest BCUT2D eigenvalue weighted by Gasteiger charge is 2.29. The molecule has 108 valence electrons. The lowest BCUT2D eigenvalue weighted by Crippen LogP contribution is -2.34. The number of nitrogen functional groups attached to an aromatic ring is 1. The van der Waals surface area contributed by atoms with Crippen molar-refractivity contribution in [1.29, 1.82) is 0 Å². The molecule has 0 spiro atoms. The summed E-state index contributed by atoms with van der Waals surface area (Å²) in [5, 5.41) is 2.78. The van der Waals surface area contributed by atoms with Crippen LogP contribution in [0.3, 0.4) is 0 Å². The quantitative estimate of drug-likeness (QED) is 0.805. The Morgan fingerprint density at radius 2 is 2.10 bits per heavy atom. The Morgan fingerprint density at radius 3 is 2.75 bits per heavy atom. The number of nitrogens with zero attached hydrogens (tertiary/aromatic N) is 1. The van der Waals surface area contributed by atoms with Crippen LogP contribution in [0, 0.1) is 5.92 Å². The summed E-state index contributed by atoms with van der Waals surface area (Å²) in [6, 6.07) is 6.96. The number of nitrogens with one attached hydrogen (secondary N) is 1. The van der Waals surface area contributed by atoms with E-state index in [0.29, 0.717) is 30.3 Å². The molecule has 1 unspecified atom stereocenters. The van der Waals surface area contributed by atoms with Crippen molar-refractivity contribution in [3.05, 3.63) is 24.3 Å². The molecule has 2 rings (SSSR count). The van der Waals surface area contributed by atoms with Gasteiger partial charge in [-0.3, -0.25) is 9.59 Å². The average Bonchev–Trinajstić information content (AvgIpc) is 2.73. The molecule has 1 aliphatic rings. The molecule has 5 nitrogen and oxygen atoms in total. The van der Waals surface area contributed by atoms with Gasteiger partial charge in [-0.15, -0.1) is 0 Å². The lowest BCUT2D eigenvalue weighted by Gasteiger charge is -2.16. The second kappa shape index (κ2) is 6.41. The summed E-state index contributed by atoms with van der Waals surface area (Å²) in [7, 11) is 0. The first-order valence-corrected chi connectivity index (χ1v) is 7.01. The van der Waals surface area contributed by atoms with E-state index in [1.54, 1.807) is 29.2 Å². The van der Waals surface area contributed by atoms with E-state index >= 15 is 0 Å². The minimum Gasteiger partial charge on any atom is -0.399 e. The predicted molar refractivity (Wildman–Crippen MR) is 79.1 cm³/mol. The summed E-state index contributed by atoms with van der Waals surface area (Å²) in [5.74, 6) is 0.313. The predicted octanol–water partition coefficient (Wildman–Crippen LogP) is 1.86. The number of rotatable bonds is 5. The Kier molecular flexibility index (Phi) is 4.61. The molecule has 1 fully saturated rings. The van der Waals surface area contributed by atoms with Gasteiger partial charge in [-0.2, -0.15) is 0 Å². The Morgan fingerprint density at radius 1 is 1.40 bits per heavy atom. The van der Waals surface area contributed by atoms with Gasteiger partial charge in [0.1, 0.15) is 0 Å². The van der Waals surface area contributed by atoms with Crippen LogP contribution in [-0.2, 0) is 9.59 Å². The number of anilines is 2. The first-order chi connectivity index (χ1) is 9.58. The zero-order valence-corrected chi connectivity index (χ0v) is 11.8. The van der Waals surface area contributed by atoms with Crippen molar-refractivity contribution >= 4 is 23.2 Å². The number of amides is 2. The van der Waals surface area contributed by atoms with Crippen LogP contribution < -0.4 is 11.1 Å². The van der Waals surface area contributed by atoms with Crippen LogP contribution in [0.5, 0.6) is 0 Å². The summed E-state index contributed by atoms with van der Waals surface area (Å²) in [6.45, 7) is 2.94. The van der Waals surface area contributed by atoms with E-state index in [1.807, 2.05) is 0 Å². The van der Waals surface area contributed by atoms with Gasteiger partial charge in [0.15, 0.2) is 0 Å². The highest BCUT2D eigenvalue weighted by Crippen LogP contribution is 2.22. The van der Waals surface area contributed by atoms with Crippen molar-refractivity contribution in [3.63, 3.8) is 0 Å². The van der Waals surface area contributed by atoms with Gasteiger partial charge in [0.2, 0.25) is 11.8 Å². The van der Waals surface area contributed by atoms with Crippen molar-refractivity contribution in [1.82, 2.24) is 4.90 Å². The van der Waals surface area contributed by atoms with Crippen molar-refractivity contribution in [2.45, 2.75) is 26.2 Å². The van der Waals surface area contributed by atoms with E-state index in [9.17, 15) is 9.59 Å². The second-order valence-corrected chi connectivity index (χ2v) is 5.30. The summed E-state index contributed by atoms with van der Waals surface area (Å²) < 4.78 is 0. The molecule has 3 N–H and O–H groups in total. The van der Waals surface area contributed by atoms with Gasteiger partial charge in [-0.25, -0.2) is 0 Å². The number of carbonyl (C=O) groups is 2. The summed E-state index contributed by atoms with van der Waals surface area (Å²) >= 11 is 0. The Hall–Kier alpha value is -2.04. The molecule has 0 radical (unpaired) electrons. The van der Waals surface area contributed by atoms with Crippen LogP contribution in [0.4, 0.5) is 11.4 Å². The lowest BCUT2D eigenvalue weighted by atomic mass is 10.0. The molecule has 5 heteroatoms. The Balaban J connectivity index is 1.85. The first kappa shape index (κ1) is 14.4. The number of carbonyl (C=O) groups excluding carboxylic acids is 2. The van der Waals surface area contributed by atoms with E-state index < -0.39 is 0 Å². The van der Waals surface area contributed by atoms with E-state index in [-0.39, 0.29) is 18.4 Å². The van der Waals surface area contributed by atoms with Gasteiger partial charge in [0, 0.05) is 24.3 Å². The van der Waals surface area contributed by atoms with E-state index in [1.165, 1.54) is 0 Å². The Bertz CT molecular complexity index is 484. The molecule has 1 aliphatic heterocycles.